The number of hydrogen-bond acceptors (Lipinski definition) is 5. The van der Waals surface area contributed by atoms with Crippen LogP contribution < -0.4 is 5.32 Å². The summed E-state index contributed by atoms with van der Waals surface area (Å²) in [5.74, 6) is -1.29. The van der Waals surface area contributed by atoms with Gasteiger partial charge in [-0.25, -0.2) is 4.98 Å². The second-order valence-electron chi connectivity index (χ2n) is 6.60. The Morgan fingerprint density at radius 2 is 1.78 bits per heavy atom. The molecule has 2 atom stereocenters. The van der Waals surface area contributed by atoms with Crippen molar-refractivity contribution in [1.29, 1.82) is 0 Å². The fraction of sp³-hybridized carbons (Fsp3) is 0.400. The fourth-order valence-corrected chi connectivity index (χ4v) is 3.50. The van der Waals surface area contributed by atoms with Gasteiger partial charge in [0.15, 0.2) is 5.15 Å². The molecule has 1 fully saturated rings. The lowest BCUT2D eigenvalue weighted by Gasteiger charge is -2.29. The van der Waals surface area contributed by atoms with Crippen LogP contribution in [0.5, 0.6) is 0 Å². The van der Waals surface area contributed by atoms with E-state index in [9.17, 15) is 9.59 Å². The third kappa shape index (κ3) is 5.26. The lowest BCUT2D eigenvalue weighted by Crippen LogP contribution is -2.40. The second-order valence-corrected chi connectivity index (χ2v) is 6.96. The van der Waals surface area contributed by atoms with Crippen LogP contribution >= 0.6 is 11.6 Å². The van der Waals surface area contributed by atoms with E-state index in [2.05, 4.69) is 15.3 Å². The van der Waals surface area contributed by atoms with E-state index in [4.69, 9.17) is 16.3 Å². The highest BCUT2D eigenvalue weighted by atomic mass is 35.5. The number of aromatic nitrogens is 2. The van der Waals surface area contributed by atoms with Crippen LogP contribution in [0.2, 0.25) is 5.15 Å². The van der Waals surface area contributed by atoms with Gasteiger partial charge in [-0.15, -0.1) is 0 Å². The molecule has 27 heavy (non-hydrogen) atoms. The third-order valence-corrected chi connectivity index (χ3v) is 5.10. The molecular formula is C20H22ClN3O3. The van der Waals surface area contributed by atoms with Crippen LogP contribution in [0, 0.1) is 11.8 Å². The number of carbonyl (C=O) groups excluding carboxylic acids is 2. The van der Waals surface area contributed by atoms with E-state index in [1.807, 2.05) is 30.3 Å². The normalized spacial score (nSPS) is 19.3. The maximum Gasteiger partial charge on any atom is 0.310 e. The number of nitrogens with zero attached hydrogens (tertiary/aromatic N) is 2. The van der Waals surface area contributed by atoms with Gasteiger partial charge < -0.3 is 10.1 Å². The maximum absolute atomic E-state index is 12.7. The average molecular weight is 388 g/mol. The van der Waals surface area contributed by atoms with Crippen LogP contribution in [0.1, 0.15) is 36.9 Å². The van der Waals surface area contributed by atoms with Gasteiger partial charge in [-0.1, -0.05) is 54.8 Å². The third-order valence-electron chi connectivity index (χ3n) is 4.78. The first-order valence-corrected chi connectivity index (χ1v) is 9.46. The van der Waals surface area contributed by atoms with E-state index in [-0.39, 0.29) is 30.2 Å². The molecule has 0 saturated heterocycles. The number of benzene rings is 1. The van der Waals surface area contributed by atoms with Crippen LogP contribution in [0.25, 0.3) is 0 Å². The van der Waals surface area contributed by atoms with Crippen molar-refractivity contribution in [3.8, 4) is 0 Å². The minimum absolute atomic E-state index is 0.168. The molecule has 0 bridgehead atoms. The molecule has 142 valence electrons. The Labute approximate surface area is 163 Å². The van der Waals surface area contributed by atoms with Gasteiger partial charge in [0.05, 0.1) is 24.1 Å². The summed E-state index contributed by atoms with van der Waals surface area (Å²) in [6.07, 6.45) is 6.20. The summed E-state index contributed by atoms with van der Waals surface area (Å²) in [4.78, 5) is 33.3. The average Bonchev–Trinajstić information content (AvgIpc) is 2.72. The number of amides is 1. The molecule has 1 saturated carbocycles. The van der Waals surface area contributed by atoms with Crippen LogP contribution in [0.4, 0.5) is 0 Å². The van der Waals surface area contributed by atoms with E-state index in [0.717, 1.165) is 18.4 Å². The predicted octanol–water partition coefficient (Wildman–Crippen LogP) is 3.30. The van der Waals surface area contributed by atoms with Gasteiger partial charge in [0.25, 0.3) is 0 Å². The molecule has 1 amide bonds. The van der Waals surface area contributed by atoms with Gasteiger partial charge in [0, 0.05) is 12.4 Å². The molecule has 2 aromatic rings. The largest absolute Gasteiger partial charge is 0.461 e. The zero-order chi connectivity index (χ0) is 19.1. The Hall–Kier alpha value is -2.47. The first-order chi connectivity index (χ1) is 13.1. The number of carbonyl (C=O) groups is 2. The standard InChI is InChI=1S/C20H22ClN3O3/c21-18-17(22-10-11-23-18)12-24-19(25)15-8-4-5-9-16(15)20(26)27-13-14-6-2-1-3-7-14/h1-3,6-7,10-11,15-16H,4-5,8-9,12-13H2,(H,24,25)/t15-,16?/m1/s1. The summed E-state index contributed by atoms with van der Waals surface area (Å²) in [5.41, 5.74) is 1.44. The maximum atomic E-state index is 12.7. The molecule has 0 aliphatic heterocycles. The van der Waals surface area contributed by atoms with E-state index in [1.165, 1.54) is 12.4 Å². The van der Waals surface area contributed by atoms with Crippen LogP contribution in [-0.2, 0) is 27.5 Å². The summed E-state index contributed by atoms with van der Waals surface area (Å²) in [6.45, 7) is 0.410. The number of nitrogens with one attached hydrogen (secondary N) is 1. The van der Waals surface area contributed by atoms with E-state index < -0.39 is 11.8 Å². The lowest BCUT2D eigenvalue weighted by atomic mass is 9.78. The minimum atomic E-state index is -0.417. The molecule has 1 aromatic heterocycles. The second kappa shape index (κ2) is 9.46. The SMILES string of the molecule is O=C(OCc1ccccc1)C1CCCC[C@H]1C(=O)NCc1nccnc1Cl. The van der Waals surface area contributed by atoms with Gasteiger partial charge in [-0.3, -0.25) is 14.6 Å². The zero-order valence-electron chi connectivity index (χ0n) is 14.9. The van der Waals surface area contributed by atoms with Crippen LogP contribution in [0.15, 0.2) is 42.7 Å². The summed E-state index contributed by atoms with van der Waals surface area (Å²) in [7, 11) is 0. The number of esters is 1. The Morgan fingerprint density at radius 1 is 1.07 bits per heavy atom. The molecule has 1 aliphatic rings. The van der Waals surface area contributed by atoms with Crippen molar-refractivity contribution >= 4 is 23.5 Å². The molecule has 1 heterocycles. The lowest BCUT2D eigenvalue weighted by molar-refractivity contribution is -0.156. The number of hydrogen-bond donors (Lipinski definition) is 1. The summed E-state index contributed by atoms with van der Waals surface area (Å²) < 4.78 is 5.47. The van der Waals surface area contributed by atoms with Crippen molar-refractivity contribution in [2.24, 2.45) is 11.8 Å². The molecule has 7 heteroatoms. The van der Waals surface area contributed by atoms with E-state index in [0.29, 0.717) is 18.5 Å². The molecule has 1 N–H and O–H groups in total. The number of rotatable bonds is 6. The highest BCUT2D eigenvalue weighted by molar-refractivity contribution is 6.29. The summed E-state index contributed by atoms with van der Waals surface area (Å²) >= 11 is 5.97. The first kappa shape index (κ1) is 19.3. The Balaban J connectivity index is 1.57. The van der Waals surface area contributed by atoms with Crippen molar-refractivity contribution < 1.29 is 14.3 Å². The Morgan fingerprint density at radius 3 is 2.52 bits per heavy atom. The van der Waals surface area contributed by atoms with Gasteiger partial charge in [-0.05, 0) is 18.4 Å². The monoisotopic (exact) mass is 387 g/mol. The topological polar surface area (TPSA) is 81.2 Å². The molecule has 1 aliphatic carbocycles. The van der Waals surface area contributed by atoms with Crippen molar-refractivity contribution in [2.45, 2.75) is 38.8 Å². The summed E-state index contributed by atoms with van der Waals surface area (Å²) in [6, 6.07) is 9.53. The Bertz CT molecular complexity index is 785. The molecule has 1 unspecified atom stereocenters. The van der Waals surface area contributed by atoms with Crippen molar-refractivity contribution in [3.05, 3.63) is 59.1 Å². The highest BCUT2D eigenvalue weighted by Crippen LogP contribution is 2.31. The molecule has 6 nitrogen and oxygen atoms in total. The van der Waals surface area contributed by atoms with Gasteiger partial charge >= 0.3 is 5.97 Å². The summed E-state index contributed by atoms with van der Waals surface area (Å²) in [5, 5.41) is 3.10. The highest BCUT2D eigenvalue weighted by Gasteiger charge is 2.36. The predicted molar refractivity (Wildman–Crippen MR) is 101 cm³/mol. The molecule has 1 aromatic carbocycles. The van der Waals surface area contributed by atoms with Crippen molar-refractivity contribution in [1.82, 2.24) is 15.3 Å². The van der Waals surface area contributed by atoms with E-state index in [1.54, 1.807) is 0 Å². The zero-order valence-corrected chi connectivity index (χ0v) is 15.7. The first-order valence-electron chi connectivity index (χ1n) is 9.09. The number of ether oxygens (including phenoxy) is 1. The smallest absolute Gasteiger partial charge is 0.310 e. The molecule has 3 rings (SSSR count). The Kier molecular flexibility index (Phi) is 6.76. The minimum Gasteiger partial charge on any atom is -0.461 e. The quantitative estimate of drug-likeness (QED) is 0.769. The molecular weight excluding hydrogens is 366 g/mol. The fourth-order valence-electron chi connectivity index (χ4n) is 3.33. The van der Waals surface area contributed by atoms with Crippen molar-refractivity contribution in [2.75, 3.05) is 0 Å². The van der Waals surface area contributed by atoms with Crippen molar-refractivity contribution in [3.63, 3.8) is 0 Å². The van der Waals surface area contributed by atoms with Gasteiger partial charge in [0.2, 0.25) is 5.91 Å². The molecule has 0 radical (unpaired) electrons. The van der Waals surface area contributed by atoms with E-state index >= 15 is 0 Å². The van der Waals surface area contributed by atoms with Crippen LogP contribution in [0.3, 0.4) is 0 Å². The van der Waals surface area contributed by atoms with Gasteiger partial charge in [0.1, 0.15) is 6.61 Å². The van der Waals surface area contributed by atoms with Crippen LogP contribution in [-0.4, -0.2) is 21.8 Å². The molecule has 0 spiro atoms. The number of halogens is 1. The van der Waals surface area contributed by atoms with Gasteiger partial charge in [-0.2, -0.15) is 0 Å².